The number of nitrogens with one attached hydrogen (secondary N) is 1. The van der Waals surface area contributed by atoms with E-state index < -0.39 is 11.7 Å². The molecule has 4 rings (SSSR count). The van der Waals surface area contributed by atoms with Crippen molar-refractivity contribution in [3.8, 4) is 5.88 Å². The highest BCUT2D eigenvalue weighted by Gasteiger charge is 2.25. The van der Waals surface area contributed by atoms with Gasteiger partial charge in [0.25, 0.3) is 5.91 Å². The molecule has 0 unspecified atom stereocenters. The molecule has 0 atom stereocenters. The first kappa shape index (κ1) is 13.6. The van der Waals surface area contributed by atoms with Gasteiger partial charge in [0.2, 0.25) is 5.88 Å². The predicted molar refractivity (Wildman–Crippen MR) is 83.5 cm³/mol. The molecule has 0 aliphatic carbocycles. The number of pyridine rings is 1. The Balaban J connectivity index is 1.90. The number of amides is 1. The van der Waals surface area contributed by atoms with E-state index in [1.807, 2.05) is 17.0 Å². The lowest BCUT2D eigenvalue weighted by molar-refractivity contribution is 0.100. The molecule has 0 spiro atoms. The molecular weight excluding hydrogens is 299 g/mol. The van der Waals surface area contributed by atoms with Crippen molar-refractivity contribution >= 4 is 28.3 Å². The molecule has 1 aromatic carbocycles. The van der Waals surface area contributed by atoms with Gasteiger partial charge in [-0.1, -0.05) is 0 Å². The Morgan fingerprint density at radius 3 is 3.00 bits per heavy atom. The number of aromatic nitrogens is 2. The standard InChI is InChI=1S/C16H13FN4O2/c17-10-1-2-12(11(8-10)14(18)22)21-5-6-23-16-13(21)7-9-3-4-19-15(9)20-16/h1-4,7-8H,5-6H2,(H2,18,22)(H,19,20). The van der Waals surface area contributed by atoms with Gasteiger partial charge in [0, 0.05) is 11.6 Å². The zero-order valence-corrected chi connectivity index (χ0v) is 12.0. The maximum Gasteiger partial charge on any atom is 0.250 e. The van der Waals surface area contributed by atoms with Crippen LogP contribution in [0.4, 0.5) is 15.8 Å². The smallest absolute Gasteiger partial charge is 0.250 e. The number of carbonyl (C=O) groups excluding carboxylic acids is 1. The van der Waals surface area contributed by atoms with Crippen LogP contribution >= 0.6 is 0 Å². The van der Waals surface area contributed by atoms with Crippen molar-refractivity contribution in [1.29, 1.82) is 0 Å². The Kier molecular flexibility index (Phi) is 2.94. The van der Waals surface area contributed by atoms with Crippen LogP contribution < -0.4 is 15.4 Å². The van der Waals surface area contributed by atoms with E-state index in [0.717, 1.165) is 22.8 Å². The van der Waals surface area contributed by atoms with Crippen LogP contribution in [-0.2, 0) is 0 Å². The highest BCUT2D eigenvalue weighted by molar-refractivity contribution is 6.00. The Labute approximate surface area is 130 Å². The molecule has 3 heterocycles. The van der Waals surface area contributed by atoms with Crippen molar-refractivity contribution in [2.75, 3.05) is 18.1 Å². The number of nitrogens with zero attached hydrogens (tertiary/aromatic N) is 2. The summed E-state index contributed by atoms with van der Waals surface area (Å²) >= 11 is 0. The highest BCUT2D eigenvalue weighted by atomic mass is 19.1. The van der Waals surface area contributed by atoms with Gasteiger partial charge in [0.1, 0.15) is 23.8 Å². The molecule has 0 bridgehead atoms. The molecule has 1 aliphatic heterocycles. The van der Waals surface area contributed by atoms with E-state index in [2.05, 4.69) is 9.97 Å². The molecule has 3 N–H and O–H groups in total. The van der Waals surface area contributed by atoms with E-state index in [0.29, 0.717) is 24.7 Å². The van der Waals surface area contributed by atoms with Crippen LogP contribution in [0.15, 0.2) is 36.5 Å². The minimum absolute atomic E-state index is 0.131. The summed E-state index contributed by atoms with van der Waals surface area (Å²) < 4.78 is 19.1. The summed E-state index contributed by atoms with van der Waals surface area (Å²) in [6.07, 6.45) is 1.79. The number of halogens is 1. The number of benzene rings is 1. The van der Waals surface area contributed by atoms with Gasteiger partial charge in [-0.15, -0.1) is 0 Å². The Hall–Kier alpha value is -3.09. The first-order valence-corrected chi connectivity index (χ1v) is 7.11. The summed E-state index contributed by atoms with van der Waals surface area (Å²) in [6, 6.07) is 7.82. The first-order chi connectivity index (χ1) is 11.1. The molecule has 0 saturated heterocycles. The molecular formula is C16H13FN4O2. The monoisotopic (exact) mass is 312 g/mol. The average molecular weight is 312 g/mol. The number of fused-ring (bicyclic) bond motifs is 2. The van der Waals surface area contributed by atoms with E-state index in [-0.39, 0.29) is 5.56 Å². The van der Waals surface area contributed by atoms with Crippen molar-refractivity contribution in [2.24, 2.45) is 5.73 Å². The quantitative estimate of drug-likeness (QED) is 0.760. The van der Waals surface area contributed by atoms with Crippen LogP contribution in [0.2, 0.25) is 0 Å². The molecule has 1 amide bonds. The van der Waals surface area contributed by atoms with Gasteiger partial charge in [0.15, 0.2) is 0 Å². The Morgan fingerprint density at radius 2 is 2.17 bits per heavy atom. The van der Waals surface area contributed by atoms with Gasteiger partial charge in [-0.25, -0.2) is 4.39 Å². The second kappa shape index (κ2) is 4.98. The number of H-pyrrole nitrogens is 1. The number of anilines is 2. The molecule has 6 nitrogen and oxygen atoms in total. The van der Waals surface area contributed by atoms with Crippen molar-refractivity contribution in [1.82, 2.24) is 9.97 Å². The van der Waals surface area contributed by atoms with Crippen molar-refractivity contribution in [3.63, 3.8) is 0 Å². The normalized spacial score (nSPS) is 13.7. The fraction of sp³-hybridized carbons (Fsp3) is 0.125. The number of aromatic amines is 1. The molecule has 0 radical (unpaired) electrons. The molecule has 2 aromatic heterocycles. The lowest BCUT2D eigenvalue weighted by atomic mass is 10.1. The zero-order chi connectivity index (χ0) is 16.0. The molecule has 0 saturated carbocycles. The van der Waals surface area contributed by atoms with Gasteiger partial charge < -0.3 is 20.4 Å². The van der Waals surface area contributed by atoms with Gasteiger partial charge >= 0.3 is 0 Å². The van der Waals surface area contributed by atoms with E-state index >= 15 is 0 Å². The fourth-order valence-corrected chi connectivity index (χ4v) is 2.80. The van der Waals surface area contributed by atoms with Crippen molar-refractivity contribution in [2.45, 2.75) is 0 Å². The first-order valence-electron chi connectivity index (χ1n) is 7.11. The van der Waals surface area contributed by atoms with E-state index in [4.69, 9.17) is 10.5 Å². The topological polar surface area (TPSA) is 84.2 Å². The average Bonchev–Trinajstić information content (AvgIpc) is 2.99. The second-order valence-corrected chi connectivity index (χ2v) is 5.25. The number of hydrogen-bond donors (Lipinski definition) is 2. The van der Waals surface area contributed by atoms with Crippen molar-refractivity contribution < 1.29 is 13.9 Å². The SMILES string of the molecule is NC(=O)c1cc(F)ccc1N1CCOc2nc3[nH]ccc3cc21. The molecule has 7 heteroatoms. The molecule has 23 heavy (non-hydrogen) atoms. The number of primary amides is 1. The Morgan fingerprint density at radius 1 is 1.30 bits per heavy atom. The number of hydrogen-bond acceptors (Lipinski definition) is 4. The number of ether oxygens (including phenoxy) is 1. The van der Waals surface area contributed by atoms with Crippen LogP contribution in [0.25, 0.3) is 11.0 Å². The van der Waals surface area contributed by atoms with Crippen LogP contribution in [0, 0.1) is 5.82 Å². The maximum absolute atomic E-state index is 13.5. The lowest BCUT2D eigenvalue weighted by Crippen LogP contribution is -2.31. The van der Waals surface area contributed by atoms with Gasteiger partial charge in [-0.2, -0.15) is 4.98 Å². The molecule has 1 aliphatic rings. The Bertz CT molecular complexity index is 922. The van der Waals surface area contributed by atoms with Gasteiger partial charge in [-0.05, 0) is 30.3 Å². The highest BCUT2D eigenvalue weighted by Crippen LogP contribution is 2.38. The number of carbonyl (C=O) groups is 1. The molecule has 3 aromatic rings. The minimum Gasteiger partial charge on any atom is -0.474 e. The molecule has 116 valence electrons. The third-order valence-corrected chi connectivity index (χ3v) is 3.84. The van der Waals surface area contributed by atoms with Gasteiger partial charge in [-0.3, -0.25) is 4.79 Å². The summed E-state index contributed by atoms with van der Waals surface area (Å²) in [6.45, 7) is 0.915. The van der Waals surface area contributed by atoms with E-state index in [1.54, 1.807) is 12.3 Å². The lowest BCUT2D eigenvalue weighted by Gasteiger charge is -2.31. The summed E-state index contributed by atoms with van der Waals surface area (Å²) in [5, 5.41) is 0.919. The second-order valence-electron chi connectivity index (χ2n) is 5.25. The van der Waals surface area contributed by atoms with Crippen LogP contribution in [0.3, 0.4) is 0 Å². The van der Waals surface area contributed by atoms with Gasteiger partial charge in [0.05, 0.1) is 17.8 Å². The third kappa shape index (κ3) is 2.17. The maximum atomic E-state index is 13.5. The largest absolute Gasteiger partial charge is 0.474 e. The summed E-state index contributed by atoms with van der Waals surface area (Å²) in [7, 11) is 0. The molecule has 0 fully saturated rings. The van der Waals surface area contributed by atoms with E-state index in [9.17, 15) is 9.18 Å². The van der Waals surface area contributed by atoms with Crippen LogP contribution in [-0.4, -0.2) is 29.0 Å². The van der Waals surface area contributed by atoms with E-state index in [1.165, 1.54) is 6.07 Å². The summed E-state index contributed by atoms with van der Waals surface area (Å²) in [5.41, 5.74) is 7.52. The number of nitrogens with two attached hydrogens (primary N) is 1. The van der Waals surface area contributed by atoms with Crippen LogP contribution in [0.5, 0.6) is 5.88 Å². The minimum atomic E-state index is -0.678. The fourth-order valence-electron chi connectivity index (χ4n) is 2.80. The predicted octanol–water partition coefficient (Wildman–Crippen LogP) is 2.33. The van der Waals surface area contributed by atoms with Crippen molar-refractivity contribution in [3.05, 3.63) is 47.9 Å². The summed E-state index contributed by atoms with van der Waals surface area (Å²) in [5.74, 6) is -0.718. The zero-order valence-electron chi connectivity index (χ0n) is 12.0. The third-order valence-electron chi connectivity index (χ3n) is 3.84. The summed E-state index contributed by atoms with van der Waals surface area (Å²) in [4.78, 5) is 21.0. The number of rotatable bonds is 2. The van der Waals surface area contributed by atoms with Crippen LogP contribution in [0.1, 0.15) is 10.4 Å².